The average Bonchev–Trinajstić information content (AvgIpc) is 2.63. The van der Waals surface area contributed by atoms with Crippen LogP contribution in [-0.2, 0) is 6.54 Å². The summed E-state index contributed by atoms with van der Waals surface area (Å²) in [6.07, 6.45) is 1.76. The van der Waals surface area contributed by atoms with Crippen LogP contribution in [0.4, 0.5) is 0 Å². The number of benzene rings is 1. The Morgan fingerprint density at radius 3 is 2.47 bits per heavy atom. The van der Waals surface area contributed by atoms with Crippen LogP contribution >= 0.6 is 0 Å². The second-order valence-corrected chi connectivity index (χ2v) is 3.95. The van der Waals surface area contributed by atoms with Crippen LogP contribution in [0.2, 0.25) is 0 Å². The van der Waals surface area contributed by atoms with Gasteiger partial charge >= 0.3 is 5.97 Å². The van der Waals surface area contributed by atoms with Crippen LogP contribution in [0.3, 0.4) is 0 Å². The van der Waals surface area contributed by atoms with E-state index in [1.165, 1.54) is 0 Å². The average molecular weight is 231 g/mol. The molecule has 0 saturated heterocycles. The van der Waals surface area contributed by atoms with Gasteiger partial charge in [0, 0.05) is 12.7 Å². The van der Waals surface area contributed by atoms with Gasteiger partial charge in [0.05, 0.1) is 0 Å². The van der Waals surface area contributed by atoms with Crippen LogP contribution in [0.25, 0.3) is 0 Å². The standard InChI is InChI=1S/C13H13NO3/c1-9-6-7-14(12(9)13(16)17)8-10-2-4-11(15)5-3-10/h2-7,15H,8H2,1H3,(H,16,17). The van der Waals surface area contributed by atoms with Gasteiger partial charge in [-0.25, -0.2) is 4.79 Å². The molecule has 4 nitrogen and oxygen atoms in total. The number of hydrogen-bond donors (Lipinski definition) is 2. The summed E-state index contributed by atoms with van der Waals surface area (Å²) in [6.45, 7) is 2.26. The van der Waals surface area contributed by atoms with Crippen molar-refractivity contribution in [3.05, 3.63) is 53.3 Å². The molecule has 0 fully saturated rings. The van der Waals surface area contributed by atoms with Gasteiger partial charge in [-0.3, -0.25) is 0 Å². The summed E-state index contributed by atoms with van der Waals surface area (Å²) in [6, 6.07) is 8.51. The lowest BCUT2D eigenvalue weighted by atomic mass is 10.2. The van der Waals surface area contributed by atoms with Crippen LogP contribution in [0.15, 0.2) is 36.5 Å². The SMILES string of the molecule is Cc1ccn(Cc2ccc(O)cc2)c1C(=O)O. The highest BCUT2D eigenvalue weighted by molar-refractivity contribution is 5.87. The first kappa shape index (κ1) is 11.3. The van der Waals surface area contributed by atoms with Crippen molar-refractivity contribution in [2.24, 2.45) is 0 Å². The Kier molecular flexibility index (Phi) is 2.87. The molecule has 1 aromatic heterocycles. The number of carboxylic acid groups (broad SMARTS) is 1. The first-order valence-electron chi connectivity index (χ1n) is 5.25. The van der Waals surface area contributed by atoms with E-state index in [4.69, 9.17) is 10.2 Å². The monoisotopic (exact) mass is 231 g/mol. The maximum atomic E-state index is 11.1. The number of aryl methyl sites for hydroxylation is 1. The quantitative estimate of drug-likeness (QED) is 0.851. The van der Waals surface area contributed by atoms with E-state index in [0.717, 1.165) is 11.1 Å². The van der Waals surface area contributed by atoms with Crippen molar-refractivity contribution in [1.29, 1.82) is 0 Å². The third-order valence-electron chi connectivity index (χ3n) is 2.66. The predicted octanol–water partition coefficient (Wildman–Crippen LogP) is 2.25. The number of rotatable bonds is 3. The summed E-state index contributed by atoms with van der Waals surface area (Å²) in [4.78, 5) is 11.1. The van der Waals surface area contributed by atoms with Crippen LogP contribution in [0.5, 0.6) is 5.75 Å². The molecule has 0 aliphatic carbocycles. The van der Waals surface area contributed by atoms with Gasteiger partial charge in [-0.15, -0.1) is 0 Å². The minimum atomic E-state index is -0.925. The van der Waals surface area contributed by atoms with Gasteiger partial charge in [0.1, 0.15) is 11.4 Å². The number of phenols is 1. The highest BCUT2D eigenvalue weighted by Crippen LogP contribution is 2.15. The number of hydrogen-bond acceptors (Lipinski definition) is 2. The number of aromatic hydroxyl groups is 1. The predicted molar refractivity (Wildman–Crippen MR) is 63.3 cm³/mol. The van der Waals surface area contributed by atoms with Crippen molar-refractivity contribution in [3.8, 4) is 5.75 Å². The molecule has 0 atom stereocenters. The molecule has 2 aromatic rings. The van der Waals surface area contributed by atoms with Crippen molar-refractivity contribution >= 4 is 5.97 Å². The lowest BCUT2D eigenvalue weighted by Crippen LogP contribution is -2.09. The lowest BCUT2D eigenvalue weighted by molar-refractivity contribution is 0.0685. The van der Waals surface area contributed by atoms with Gasteiger partial charge in [-0.1, -0.05) is 12.1 Å². The van der Waals surface area contributed by atoms with Gasteiger partial charge < -0.3 is 14.8 Å². The number of carbonyl (C=O) groups is 1. The van der Waals surface area contributed by atoms with Crippen molar-refractivity contribution in [2.45, 2.75) is 13.5 Å². The van der Waals surface area contributed by atoms with Gasteiger partial charge in [0.15, 0.2) is 0 Å². The fourth-order valence-corrected chi connectivity index (χ4v) is 1.80. The van der Waals surface area contributed by atoms with Crippen LogP contribution in [-0.4, -0.2) is 20.7 Å². The van der Waals surface area contributed by atoms with Gasteiger partial charge in [0.2, 0.25) is 0 Å². The second kappa shape index (κ2) is 4.33. The summed E-state index contributed by atoms with van der Waals surface area (Å²) in [5.74, 6) is -0.720. The van der Waals surface area contributed by atoms with Gasteiger partial charge in [-0.2, -0.15) is 0 Å². The molecular weight excluding hydrogens is 218 g/mol. The Bertz CT molecular complexity index is 540. The Labute approximate surface area is 98.8 Å². The van der Waals surface area contributed by atoms with Crippen LogP contribution in [0.1, 0.15) is 21.6 Å². The van der Waals surface area contributed by atoms with E-state index >= 15 is 0 Å². The summed E-state index contributed by atoms with van der Waals surface area (Å²) < 4.78 is 1.68. The molecule has 0 saturated carbocycles. The zero-order valence-electron chi connectivity index (χ0n) is 9.42. The molecule has 0 spiro atoms. The summed E-state index contributed by atoms with van der Waals surface area (Å²) in [5.41, 5.74) is 2.00. The molecule has 17 heavy (non-hydrogen) atoms. The fourth-order valence-electron chi connectivity index (χ4n) is 1.80. The molecule has 0 unspecified atom stereocenters. The number of phenolic OH excluding ortho intramolecular Hbond substituents is 1. The summed E-state index contributed by atoms with van der Waals surface area (Å²) in [7, 11) is 0. The molecule has 1 heterocycles. The van der Waals surface area contributed by atoms with Crippen molar-refractivity contribution in [1.82, 2.24) is 4.57 Å². The molecule has 1 aromatic carbocycles. The smallest absolute Gasteiger partial charge is 0.352 e. The van der Waals surface area contributed by atoms with Crippen LogP contribution < -0.4 is 0 Å². The van der Waals surface area contributed by atoms with E-state index in [9.17, 15) is 4.79 Å². The van der Waals surface area contributed by atoms with E-state index in [2.05, 4.69) is 0 Å². The lowest BCUT2D eigenvalue weighted by Gasteiger charge is -2.07. The molecule has 0 amide bonds. The molecule has 0 aliphatic heterocycles. The van der Waals surface area contributed by atoms with Crippen molar-refractivity contribution in [3.63, 3.8) is 0 Å². The van der Waals surface area contributed by atoms with Crippen molar-refractivity contribution < 1.29 is 15.0 Å². The first-order chi connectivity index (χ1) is 8.08. The molecule has 0 bridgehead atoms. The summed E-state index contributed by atoms with van der Waals surface area (Å²) in [5, 5.41) is 18.3. The molecule has 0 radical (unpaired) electrons. The molecule has 0 aliphatic rings. The zero-order valence-corrected chi connectivity index (χ0v) is 9.42. The van der Waals surface area contributed by atoms with E-state index in [1.54, 1.807) is 48.0 Å². The fraction of sp³-hybridized carbons (Fsp3) is 0.154. The Balaban J connectivity index is 2.30. The summed E-state index contributed by atoms with van der Waals surface area (Å²) >= 11 is 0. The number of aromatic carboxylic acids is 1. The van der Waals surface area contributed by atoms with Crippen LogP contribution in [0, 0.1) is 6.92 Å². The Morgan fingerprint density at radius 2 is 1.88 bits per heavy atom. The zero-order chi connectivity index (χ0) is 12.4. The molecule has 2 rings (SSSR count). The maximum Gasteiger partial charge on any atom is 0.352 e. The number of nitrogens with zero attached hydrogens (tertiary/aromatic N) is 1. The van der Waals surface area contributed by atoms with E-state index < -0.39 is 5.97 Å². The van der Waals surface area contributed by atoms with E-state index in [1.807, 2.05) is 0 Å². The topological polar surface area (TPSA) is 62.5 Å². The first-order valence-corrected chi connectivity index (χ1v) is 5.25. The molecular formula is C13H13NO3. The van der Waals surface area contributed by atoms with Gasteiger partial charge in [-0.05, 0) is 36.2 Å². The Hall–Kier alpha value is -2.23. The van der Waals surface area contributed by atoms with E-state index in [0.29, 0.717) is 12.2 Å². The molecule has 2 N–H and O–H groups in total. The van der Waals surface area contributed by atoms with E-state index in [-0.39, 0.29) is 5.75 Å². The minimum absolute atomic E-state index is 0.205. The van der Waals surface area contributed by atoms with Crippen molar-refractivity contribution in [2.75, 3.05) is 0 Å². The highest BCUT2D eigenvalue weighted by Gasteiger charge is 2.13. The largest absolute Gasteiger partial charge is 0.508 e. The number of carboxylic acids is 1. The molecule has 4 heteroatoms. The Morgan fingerprint density at radius 1 is 1.24 bits per heavy atom. The number of aromatic nitrogens is 1. The normalized spacial score (nSPS) is 10.4. The van der Waals surface area contributed by atoms with Gasteiger partial charge in [0.25, 0.3) is 0 Å². The maximum absolute atomic E-state index is 11.1. The minimum Gasteiger partial charge on any atom is -0.508 e. The third kappa shape index (κ3) is 2.30. The molecule has 88 valence electrons. The second-order valence-electron chi connectivity index (χ2n) is 3.95. The third-order valence-corrected chi connectivity index (χ3v) is 2.66. The highest BCUT2D eigenvalue weighted by atomic mass is 16.4.